The topological polar surface area (TPSA) is 161 Å². The molecule has 3 N–H and O–H groups in total. The van der Waals surface area contributed by atoms with Crippen molar-refractivity contribution in [1.29, 1.82) is 0 Å². The lowest BCUT2D eigenvalue weighted by atomic mass is 9.99. The normalized spacial score (nSPS) is 16.2. The van der Waals surface area contributed by atoms with Gasteiger partial charge < -0.3 is 10.2 Å². The molecule has 0 aromatic heterocycles. The number of hydroxylamine groups is 2. The minimum atomic E-state index is -1.31. The van der Waals surface area contributed by atoms with E-state index >= 15 is 0 Å². The molecule has 5 amide bonds. The molecule has 0 bridgehead atoms. The first-order chi connectivity index (χ1) is 20.3. The zero-order valence-corrected chi connectivity index (χ0v) is 24.7. The van der Waals surface area contributed by atoms with Gasteiger partial charge in [0.05, 0.1) is 16.2 Å². The van der Waals surface area contributed by atoms with Gasteiger partial charge in [0.1, 0.15) is 6.54 Å². The van der Waals surface area contributed by atoms with Crippen molar-refractivity contribution in [3.8, 4) is 0 Å². The van der Waals surface area contributed by atoms with E-state index in [1.165, 1.54) is 34.1 Å². The summed E-state index contributed by atoms with van der Waals surface area (Å²) in [5.41, 5.74) is 2.58. The Bertz CT molecular complexity index is 1560. The fourth-order valence-electron chi connectivity index (χ4n) is 4.51. The number of carbonyl (C=O) groups is 3. The van der Waals surface area contributed by atoms with Crippen molar-refractivity contribution in [1.82, 2.24) is 15.4 Å². The summed E-state index contributed by atoms with van der Waals surface area (Å²) < 4.78 is 0. The zero-order chi connectivity index (χ0) is 31.5. The van der Waals surface area contributed by atoms with Gasteiger partial charge >= 0.3 is 12.1 Å². The average molecular weight is 628 g/mol. The van der Waals surface area contributed by atoms with Crippen LogP contribution in [0.1, 0.15) is 26.3 Å². The number of hydrogen-bond acceptors (Lipinski definition) is 7. The average Bonchev–Trinajstić information content (AvgIpc) is 3.17. The largest absolute Gasteiger partial charge is 0.347 e. The molecule has 1 unspecified atom stereocenters. The van der Waals surface area contributed by atoms with E-state index in [9.17, 15) is 29.7 Å². The van der Waals surface area contributed by atoms with Crippen molar-refractivity contribution in [3.05, 3.63) is 98.5 Å². The van der Waals surface area contributed by atoms with E-state index < -0.39 is 41.1 Å². The molecule has 1 heterocycles. The first-order valence-corrected chi connectivity index (χ1v) is 13.5. The van der Waals surface area contributed by atoms with Crippen LogP contribution in [0.2, 0.25) is 10.0 Å². The molecular formula is C28H27Cl2N7O6. The van der Waals surface area contributed by atoms with Crippen molar-refractivity contribution in [3.63, 3.8) is 0 Å². The standard InChI is InChI=1S/C28H27Cl2N7O6/c1-17(18-4-12-23(13-5-18)37(42)43)32-33-24(38)16-34-27(40)35(22-14-8-20(30)9-15-22)25(28(34,2)3)36(41)26(39)31-21-10-6-19(29)7-11-21/h4-15,25,41H,16H2,1-3H3,(H,31,39)(H,33,38). The van der Waals surface area contributed by atoms with Crippen LogP contribution in [0.25, 0.3) is 0 Å². The maximum Gasteiger partial charge on any atom is 0.347 e. The summed E-state index contributed by atoms with van der Waals surface area (Å²) in [4.78, 5) is 52.7. The van der Waals surface area contributed by atoms with Crippen LogP contribution in [0.15, 0.2) is 77.9 Å². The molecule has 3 aromatic carbocycles. The number of nitrogens with zero attached hydrogens (tertiary/aromatic N) is 5. The van der Waals surface area contributed by atoms with Gasteiger partial charge in [-0.05, 0) is 87.0 Å². The van der Waals surface area contributed by atoms with Crippen LogP contribution in [0.5, 0.6) is 0 Å². The Morgan fingerprint density at radius 3 is 2.14 bits per heavy atom. The van der Waals surface area contributed by atoms with E-state index in [0.29, 0.717) is 37.8 Å². The molecule has 224 valence electrons. The summed E-state index contributed by atoms with van der Waals surface area (Å²) in [7, 11) is 0. The molecule has 4 rings (SSSR count). The number of amides is 5. The zero-order valence-electron chi connectivity index (χ0n) is 23.2. The number of benzene rings is 3. The fourth-order valence-corrected chi connectivity index (χ4v) is 4.76. The molecule has 3 aromatic rings. The van der Waals surface area contributed by atoms with Gasteiger partial charge in [0.15, 0.2) is 6.17 Å². The third-order valence-electron chi connectivity index (χ3n) is 6.80. The second-order valence-corrected chi connectivity index (χ2v) is 10.9. The van der Waals surface area contributed by atoms with Crippen LogP contribution in [0.3, 0.4) is 0 Å². The monoisotopic (exact) mass is 627 g/mol. The van der Waals surface area contributed by atoms with Crippen LogP contribution < -0.4 is 15.6 Å². The lowest BCUT2D eigenvalue weighted by Crippen LogP contribution is -2.58. The van der Waals surface area contributed by atoms with Crippen molar-refractivity contribution >= 4 is 63.9 Å². The van der Waals surface area contributed by atoms with Gasteiger partial charge in [-0.3, -0.25) is 25.0 Å². The number of nitro groups is 1. The lowest BCUT2D eigenvalue weighted by molar-refractivity contribution is -0.384. The molecule has 1 aliphatic rings. The van der Waals surface area contributed by atoms with Crippen LogP contribution in [-0.4, -0.2) is 62.0 Å². The van der Waals surface area contributed by atoms with Crippen molar-refractivity contribution in [2.45, 2.75) is 32.5 Å². The number of halogens is 2. The molecule has 0 radical (unpaired) electrons. The molecular weight excluding hydrogens is 601 g/mol. The Labute approximate surface area is 256 Å². The molecule has 13 nitrogen and oxygen atoms in total. The Morgan fingerprint density at radius 2 is 1.58 bits per heavy atom. The van der Waals surface area contributed by atoms with E-state index in [4.69, 9.17) is 23.2 Å². The second kappa shape index (κ2) is 12.7. The van der Waals surface area contributed by atoms with Crippen molar-refractivity contribution < 1.29 is 24.5 Å². The minimum Gasteiger partial charge on any atom is -0.306 e. The molecule has 0 aliphatic carbocycles. The SMILES string of the molecule is CC(=NNC(=O)CN1C(=O)N(c2ccc(Cl)cc2)C(N(O)C(=O)Nc2ccc(Cl)cc2)C1(C)C)c1ccc([N+](=O)[O-])cc1. The highest BCUT2D eigenvalue weighted by Crippen LogP contribution is 2.38. The first kappa shape index (κ1) is 31.2. The maximum atomic E-state index is 13.8. The number of non-ortho nitro benzene ring substituents is 1. The Morgan fingerprint density at radius 1 is 1.02 bits per heavy atom. The van der Waals surface area contributed by atoms with Gasteiger partial charge in [-0.25, -0.2) is 15.0 Å². The molecule has 0 spiro atoms. The minimum absolute atomic E-state index is 0.0880. The number of anilines is 2. The van der Waals surface area contributed by atoms with Gasteiger partial charge in [0, 0.05) is 33.6 Å². The smallest absolute Gasteiger partial charge is 0.306 e. The summed E-state index contributed by atoms with van der Waals surface area (Å²) in [6.45, 7) is 4.33. The third kappa shape index (κ3) is 6.85. The number of rotatable bonds is 8. The highest BCUT2D eigenvalue weighted by atomic mass is 35.5. The molecule has 1 saturated heterocycles. The Balaban J connectivity index is 1.57. The number of hydrazone groups is 1. The van der Waals surface area contributed by atoms with Gasteiger partial charge in [0.2, 0.25) is 0 Å². The summed E-state index contributed by atoms with van der Waals surface area (Å²) in [5.74, 6) is -0.658. The molecule has 1 fully saturated rings. The highest BCUT2D eigenvalue weighted by molar-refractivity contribution is 6.31. The summed E-state index contributed by atoms with van der Waals surface area (Å²) >= 11 is 12.0. The van der Waals surface area contributed by atoms with E-state index in [0.717, 1.165) is 0 Å². The quantitative estimate of drug-likeness (QED) is 0.125. The molecule has 0 saturated carbocycles. The van der Waals surface area contributed by atoms with Crippen LogP contribution in [-0.2, 0) is 4.79 Å². The van der Waals surface area contributed by atoms with Crippen LogP contribution in [0.4, 0.5) is 26.7 Å². The summed E-state index contributed by atoms with van der Waals surface area (Å²) in [6.07, 6.45) is -1.29. The molecule has 1 aliphatic heterocycles. The molecule has 15 heteroatoms. The number of nitro benzene ring substituents is 1. The van der Waals surface area contributed by atoms with E-state index in [2.05, 4.69) is 15.8 Å². The summed E-state index contributed by atoms with van der Waals surface area (Å²) in [5, 5.41) is 29.9. The predicted octanol–water partition coefficient (Wildman–Crippen LogP) is 5.71. The van der Waals surface area contributed by atoms with Crippen molar-refractivity contribution in [2.75, 3.05) is 16.8 Å². The van der Waals surface area contributed by atoms with Crippen LogP contribution in [0, 0.1) is 10.1 Å². The van der Waals surface area contributed by atoms with Crippen LogP contribution >= 0.6 is 23.2 Å². The number of hydrogen-bond donors (Lipinski definition) is 3. The predicted molar refractivity (Wildman–Crippen MR) is 161 cm³/mol. The van der Waals surface area contributed by atoms with Gasteiger partial charge in [-0.15, -0.1) is 0 Å². The number of carbonyl (C=O) groups excluding carboxylic acids is 3. The third-order valence-corrected chi connectivity index (χ3v) is 7.30. The van der Waals surface area contributed by atoms with E-state index in [1.54, 1.807) is 69.3 Å². The molecule has 1 atom stereocenters. The van der Waals surface area contributed by atoms with Gasteiger partial charge in [0.25, 0.3) is 11.6 Å². The Hall–Kier alpha value is -4.72. The molecule has 43 heavy (non-hydrogen) atoms. The summed E-state index contributed by atoms with van der Waals surface area (Å²) in [6, 6.07) is 16.5. The second-order valence-electron chi connectivity index (χ2n) is 10.1. The number of urea groups is 2. The first-order valence-electron chi connectivity index (χ1n) is 12.8. The van der Waals surface area contributed by atoms with E-state index in [-0.39, 0.29) is 5.69 Å². The highest BCUT2D eigenvalue weighted by Gasteiger charge is 2.56. The number of nitrogens with one attached hydrogen (secondary N) is 2. The van der Waals surface area contributed by atoms with Gasteiger partial charge in [-0.2, -0.15) is 10.2 Å². The van der Waals surface area contributed by atoms with Crippen molar-refractivity contribution in [2.24, 2.45) is 5.10 Å². The fraction of sp³-hybridized carbons (Fsp3) is 0.214. The van der Waals surface area contributed by atoms with E-state index in [1.807, 2.05) is 0 Å². The Kier molecular flexibility index (Phi) is 9.19. The maximum absolute atomic E-state index is 13.8. The van der Waals surface area contributed by atoms with Gasteiger partial charge in [-0.1, -0.05) is 23.2 Å². The lowest BCUT2D eigenvalue weighted by Gasteiger charge is -2.38.